The average Bonchev–Trinajstić information content (AvgIpc) is 2.51. The Labute approximate surface area is 117 Å². The number of hydrogen-bond acceptors (Lipinski definition) is 2. The molecule has 1 rings (SSSR count). The van der Waals surface area contributed by atoms with Gasteiger partial charge in [0.1, 0.15) is 6.04 Å². The van der Waals surface area contributed by atoms with Gasteiger partial charge in [-0.3, -0.25) is 9.59 Å². The highest BCUT2D eigenvalue weighted by atomic mass is 28.3. The summed E-state index contributed by atoms with van der Waals surface area (Å²) in [7, 11) is -1.48. The minimum atomic E-state index is -1.48. The van der Waals surface area contributed by atoms with Gasteiger partial charge in [-0.2, -0.15) is 0 Å². The van der Waals surface area contributed by atoms with Crippen molar-refractivity contribution in [3.05, 3.63) is 0 Å². The lowest BCUT2D eigenvalue weighted by atomic mass is 9.94. The van der Waals surface area contributed by atoms with Crippen LogP contribution in [0.25, 0.3) is 0 Å². The van der Waals surface area contributed by atoms with E-state index in [2.05, 4.69) is 18.4 Å². The van der Waals surface area contributed by atoms with E-state index in [0.717, 1.165) is 12.2 Å². The van der Waals surface area contributed by atoms with Crippen LogP contribution in [-0.4, -0.2) is 43.0 Å². The maximum Gasteiger partial charge on any atom is 0.242 e. The summed E-state index contributed by atoms with van der Waals surface area (Å²) in [6.07, 6.45) is 0.791. The van der Waals surface area contributed by atoms with Crippen LogP contribution in [-0.2, 0) is 9.59 Å². The second kappa shape index (κ2) is 5.27. The Morgan fingerprint density at radius 2 is 1.79 bits per heavy atom. The summed E-state index contributed by atoms with van der Waals surface area (Å²) >= 11 is 0. The van der Waals surface area contributed by atoms with Crippen LogP contribution < -0.4 is 5.32 Å². The Morgan fingerprint density at radius 1 is 1.26 bits per heavy atom. The molecule has 1 saturated heterocycles. The molecule has 0 aromatic rings. The van der Waals surface area contributed by atoms with E-state index in [1.54, 1.807) is 0 Å². The van der Waals surface area contributed by atoms with Gasteiger partial charge in [-0.05, 0) is 19.9 Å². The van der Waals surface area contributed by atoms with Crippen molar-refractivity contribution in [1.82, 2.24) is 10.2 Å². The van der Waals surface area contributed by atoms with E-state index in [1.807, 2.05) is 39.5 Å². The van der Waals surface area contributed by atoms with E-state index >= 15 is 0 Å². The van der Waals surface area contributed by atoms with E-state index in [0.29, 0.717) is 0 Å². The van der Waals surface area contributed by atoms with Crippen LogP contribution in [0, 0.1) is 5.41 Å². The average molecular weight is 284 g/mol. The van der Waals surface area contributed by atoms with Crippen molar-refractivity contribution in [2.75, 3.05) is 6.17 Å². The monoisotopic (exact) mass is 284 g/mol. The minimum Gasteiger partial charge on any atom is -0.352 e. The summed E-state index contributed by atoms with van der Waals surface area (Å²) in [4.78, 5) is 26.6. The van der Waals surface area contributed by atoms with Crippen LogP contribution in [0.1, 0.15) is 34.6 Å². The normalized spacial score (nSPS) is 22.7. The molecular formula is C14H28N2O2Si. The second-order valence-electron chi connectivity index (χ2n) is 7.73. The van der Waals surface area contributed by atoms with E-state index in [1.165, 1.54) is 0 Å². The number of carbonyl (C=O) groups is 2. The highest BCUT2D eigenvalue weighted by Gasteiger charge is 2.46. The van der Waals surface area contributed by atoms with Gasteiger partial charge in [0.15, 0.2) is 0 Å². The Kier molecular flexibility index (Phi) is 4.50. The number of nitrogens with one attached hydrogen (secondary N) is 1. The summed E-state index contributed by atoms with van der Waals surface area (Å²) in [5, 5.41) is 2.95. The van der Waals surface area contributed by atoms with Crippen molar-refractivity contribution in [2.45, 2.75) is 65.8 Å². The summed E-state index contributed by atoms with van der Waals surface area (Å²) in [5.74, 6) is 0.0974. The standard InChI is InChI=1S/C14H28N2O2Si/c1-10(2)15-12(17)11-8-19(6,7)9-16(11)13(18)14(3,4)5/h10-11H,8-9H2,1-7H3,(H,15,17)/t11-/m0/s1. The van der Waals surface area contributed by atoms with E-state index in [4.69, 9.17) is 0 Å². The molecule has 5 heteroatoms. The fourth-order valence-electron chi connectivity index (χ4n) is 2.53. The van der Waals surface area contributed by atoms with Crippen molar-refractivity contribution in [3.8, 4) is 0 Å². The first kappa shape index (κ1) is 16.2. The van der Waals surface area contributed by atoms with Gasteiger partial charge >= 0.3 is 0 Å². The largest absolute Gasteiger partial charge is 0.352 e. The zero-order valence-electron chi connectivity index (χ0n) is 13.3. The molecule has 0 aliphatic carbocycles. The van der Waals surface area contributed by atoms with Crippen molar-refractivity contribution < 1.29 is 9.59 Å². The van der Waals surface area contributed by atoms with Gasteiger partial charge in [0, 0.05) is 17.6 Å². The lowest BCUT2D eigenvalue weighted by Gasteiger charge is -2.31. The molecule has 0 aromatic carbocycles. The Hall–Kier alpha value is -0.843. The number of amides is 2. The minimum absolute atomic E-state index is 0.00525. The lowest BCUT2D eigenvalue weighted by molar-refractivity contribution is -0.144. The molecule has 4 nitrogen and oxygen atoms in total. The van der Waals surface area contributed by atoms with Crippen LogP contribution in [0.15, 0.2) is 0 Å². The van der Waals surface area contributed by atoms with Crippen LogP contribution in [0.2, 0.25) is 19.1 Å². The van der Waals surface area contributed by atoms with Crippen LogP contribution >= 0.6 is 0 Å². The molecule has 0 unspecified atom stereocenters. The molecule has 110 valence electrons. The molecule has 0 radical (unpaired) electrons. The van der Waals surface area contributed by atoms with Crippen molar-refractivity contribution in [3.63, 3.8) is 0 Å². The Bertz CT molecular complexity index is 372. The van der Waals surface area contributed by atoms with Gasteiger partial charge in [-0.15, -0.1) is 0 Å². The fraction of sp³-hybridized carbons (Fsp3) is 0.857. The predicted octanol–water partition coefficient (Wildman–Crippen LogP) is 2.02. The Morgan fingerprint density at radius 3 is 2.21 bits per heavy atom. The smallest absolute Gasteiger partial charge is 0.242 e. The third kappa shape index (κ3) is 4.06. The van der Waals surface area contributed by atoms with Crippen molar-refractivity contribution in [2.24, 2.45) is 5.41 Å². The first-order valence-electron chi connectivity index (χ1n) is 7.05. The molecule has 1 aliphatic rings. The van der Waals surface area contributed by atoms with Gasteiger partial charge in [-0.1, -0.05) is 33.9 Å². The summed E-state index contributed by atoms with van der Waals surface area (Å²) < 4.78 is 0. The SMILES string of the molecule is CC(C)NC(=O)[C@@H]1C[Si](C)(C)CN1C(=O)C(C)(C)C. The first-order chi connectivity index (χ1) is 8.44. The maximum absolute atomic E-state index is 12.5. The van der Waals surface area contributed by atoms with Crippen LogP contribution in [0.5, 0.6) is 0 Å². The lowest BCUT2D eigenvalue weighted by Crippen LogP contribution is -2.50. The molecule has 2 amide bonds. The van der Waals surface area contributed by atoms with Gasteiger partial charge in [0.25, 0.3) is 0 Å². The predicted molar refractivity (Wildman–Crippen MR) is 80.5 cm³/mol. The number of carbonyl (C=O) groups excluding carboxylic acids is 2. The van der Waals surface area contributed by atoms with Gasteiger partial charge in [-0.25, -0.2) is 0 Å². The summed E-state index contributed by atoms with van der Waals surface area (Å²) in [5.41, 5.74) is -0.425. The number of rotatable bonds is 2. The molecule has 1 aliphatic heterocycles. The molecule has 1 N–H and O–H groups in total. The van der Waals surface area contributed by atoms with Crippen LogP contribution in [0.4, 0.5) is 0 Å². The van der Waals surface area contributed by atoms with E-state index < -0.39 is 13.5 Å². The van der Waals surface area contributed by atoms with Crippen LogP contribution in [0.3, 0.4) is 0 Å². The van der Waals surface area contributed by atoms with Gasteiger partial charge in [0.2, 0.25) is 11.8 Å². The van der Waals surface area contributed by atoms with E-state index in [9.17, 15) is 9.59 Å². The zero-order chi connectivity index (χ0) is 15.0. The Balaban J connectivity index is 2.94. The molecule has 0 saturated carbocycles. The van der Waals surface area contributed by atoms with E-state index in [-0.39, 0.29) is 23.9 Å². The topological polar surface area (TPSA) is 49.4 Å². The molecule has 1 atom stereocenters. The molecule has 19 heavy (non-hydrogen) atoms. The molecule has 0 spiro atoms. The summed E-state index contributed by atoms with van der Waals surface area (Å²) in [6.45, 7) is 14.1. The zero-order valence-corrected chi connectivity index (χ0v) is 14.3. The molecule has 0 bridgehead atoms. The number of hydrogen-bond donors (Lipinski definition) is 1. The number of nitrogens with zero attached hydrogens (tertiary/aromatic N) is 1. The molecule has 0 aromatic heterocycles. The third-order valence-electron chi connectivity index (χ3n) is 3.36. The highest BCUT2D eigenvalue weighted by molar-refractivity contribution is 6.79. The van der Waals surface area contributed by atoms with Crippen molar-refractivity contribution in [1.29, 1.82) is 0 Å². The fourth-order valence-corrected chi connectivity index (χ4v) is 5.40. The molecular weight excluding hydrogens is 256 g/mol. The second-order valence-corrected chi connectivity index (χ2v) is 12.8. The quantitative estimate of drug-likeness (QED) is 0.789. The van der Waals surface area contributed by atoms with Gasteiger partial charge in [0.05, 0.1) is 8.07 Å². The van der Waals surface area contributed by atoms with Crippen molar-refractivity contribution >= 4 is 19.9 Å². The molecule has 1 fully saturated rings. The molecule has 1 heterocycles. The third-order valence-corrected chi connectivity index (χ3v) is 6.05. The highest BCUT2D eigenvalue weighted by Crippen LogP contribution is 2.31. The summed E-state index contributed by atoms with van der Waals surface area (Å²) in [6, 6.07) is 0.716. The first-order valence-corrected chi connectivity index (χ1v) is 10.5. The maximum atomic E-state index is 12.5. The van der Waals surface area contributed by atoms with Gasteiger partial charge < -0.3 is 10.2 Å².